The van der Waals surface area contributed by atoms with Gasteiger partial charge in [-0.15, -0.1) is 5.46 Å². The highest BCUT2D eigenvalue weighted by atomic mass is 16.3. The Morgan fingerprint density at radius 3 is 1.75 bits per heavy atom. The van der Waals surface area contributed by atoms with Crippen molar-refractivity contribution in [2.24, 2.45) is 0 Å². The zero-order valence-electron chi connectivity index (χ0n) is 8.45. The summed E-state index contributed by atoms with van der Waals surface area (Å²) in [5, 5.41) is 9.69. The third-order valence-electron chi connectivity index (χ3n) is 2.96. The van der Waals surface area contributed by atoms with E-state index in [0.29, 0.717) is 5.75 Å². The van der Waals surface area contributed by atoms with Crippen molar-refractivity contribution in [2.45, 2.75) is 6.92 Å². The van der Waals surface area contributed by atoms with Crippen LogP contribution in [0.5, 0.6) is 5.75 Å². The summed E-state index contributed by atoms with van der Waals surface area (Å²) in [6.07, 6.45) is 0. The fourth-order valence-electron chi connectivity index (χ4n) is 1.48. The van der Waals surface area contributed by atoms with Crippen molar-refractivity contribution in [3.63, 3.8) is 0 Å². The van der Waals surface area contributed by atoms with Gasteiger partial charge < -0.3 is 5.11 Å². The van der Waals surface area contributed by atoms with Crippen LogP contribution in [-0.2, 0) is 0 Å². The first-order valence-electron chi connectivity index (χ1n) is 4.22. The number of hydrogen-bond acceptors (Lipinski definition) is 1. The van der Waals surface area contributed by atoms with E-state index < -0.39 is 0 Å². The minimum absolute atomic E-state index is 0.454. The van der Waals surface area contributed by atoms with E-state index >= 15 is 0 Å². The minimum atomic E-state index is 0.454. The van der Waals surface area contributed by atoms with Crippen LogP contribution in [0.25, 0.3) is 0 Å². The molecule has 0 aliphatic rings. The molecule has 0 aromatic heterocycles. The molecule has 1 aromatic rings. The van der Waals surface area contributed by atoms with E-state index in [1.165, 1.54) is 16.4 Å². The summed E-state index contributed by atoms with van der Waals surface area (Å²) in [6, 6.07) is 0. The van der Waals surface area contributed by atoms with Crippen LogP contribution in [-0.4, -0.2) is 36.5 Å². The van der Waals surface area contributed by atoms with Gasteiger partial charge in [0.2, 0.25) is 0 Å². The molecule has 58 valence electrons. The average Bonchev–Trinajstić information content (AvgIpc) is 2.08. The molecule has 0 heterocycles. The van der Waals surface area contributed by atoms with Crippen LogP contribution in [0, 0.1) is 6.92 Å². The molecule has 0 bridgehead atoms. The minimum Gasteiger partial charge on any atom is -0.508 e. The summed E-state index contributed by atoms with van der Waals surface area (Å²) in [4.78, 5) is 0. The molecular formula is C7H12B4O. The lowest BCUT2D eigenvalue weighted by Gasteiger charge is -2.15. The Labute approximate surface area is 77.2 Å². The molecular weight excluding hydrogens is 143 g/mol. The van der Waals surface area contributed by atoms with Crippen molar-refractivity contribution in [1.29, 1.82) is 0 Å². The molecule has 0 aliphatic carbocycles. The van der Waals surface area contributed by atoms with Gasteiger partial charge in [-0.1, -0.05) is 16.4 Å². The van der Waals surface area contributed by atoms with Crippen molar-refractivity contribution in [2.75, 3.05) is 0 Å². The second-order valence-corrected chi connectivity index (χ2v) is 3.47. The molecule has 1 aromatic carbocycles. The molecule has 1 N–H and O–H groups in total. The summed E-state index contributed by atoms with van der Waals surface area (Å²) in [5.41, 5.74) is 5.72. The number of phenols is 1. The predicted octanol–water partition coefficient (Wildman–Crippen LogP) is -5.27. The van der Waals surface area contributed by atoms with E-state index in [1.807, 2.05) is 14.8 Å². The second kappa shape index (κ2) is 2.96. The Morgan fingerprint density at radius 1 is 0.833 bits per heavy atom. The van der Waals surface area contributed by atoms with Gasteiger partial charge in [0.1, 0.15) is 37.1 Å². The topological polar surface area (TPSA) is 20.2 Å². The lowest BCUT2D eigenvalue weighted by molar-refractivity contribution is 0.476. The van der Waals surface area contributed by atoms with E-state index in [9.17, 15) is 5.11 Å². The Bertz CT molecular complexity index is 230. The summed E-state index contributed by atoms with van der Waals surface area (Å²) in [6.45, 7) is 1.96. The van der Waals surface area contributed by atoms with Crippen LogP contribution in [0.1, 0.15) is 5.56 Å². The number of hydrogen-bond donors (Lipinski definition) is 1. The molecule has 0 radical (unpaired) electrons. The smallest absolute Gasteiger partial charge is 0.143 e. The van der Waals surface area contributed by atoms with Crippen molar-refractivity contribution in [1.82, 2.24) is 0 Å². The normalized spacial score (nSPS) is 10.1. The second-order valence-electron chi connectivity index (χ2n) is 3.47. The van der Waals surface area contributed by atoms with E-state index in [0.717, 1.165) is 11.0 Å². The SMILES string of the molecule is Bc1c(B)c(B)c(O)c(C)c1B. The highest BCUT2D eigenvalue weighted by Gasteiger charge is 2.09. The zero-order chi connectivity index (χ0) is 9.46. The summed E-state index contributed by atoms with van der Waals surface area (Å²) < 4.78 is 0. The molecule has 0 unspecified atom stereocenters. The van der Waals surface area contributed by atoms with Gasteiger partial charge in [0, 0.05) is 0 Å². The van der Waals surface area contributed by atoms with Gasteiger partial charge in [-0.2, -0.15) is 0 Å². The van der Waals surface area contributed by atoms with Crippen molar-refractivity contribution in [3.8, 4) is 5.75 Å². The molecule has 0 amide bonds. The summed E-state index contributed by atoms with van der Waals surface area (Å²) in [7, 11) is 8.17. The predicted molar refractivity (Wildman–Crippen MR) is 65.6 cm³/mol. The van der Waals surface area contributed by atoms with Crippen LogP contribution in [0.3, 0.4) is 0 Å². The Hall–Kier alpha value is -0.720. The quantitative estimate of drug-likeness (QED) is 0.371. The largest absolute Gasteiger partial charge is 0.508 e. The average molecular weight is 155 g/mol. The van der Waals surface area contributed by atoms with Crippen molar-refractivity contribution < 1.29 is 5.11 Å². The number of benzene rings is 1. The van der Waals surface area contributed by atoms with Crippen LogP contribution >= 0.6 is 0 Å². The molecule has 5 heteroatoms. The Balaban J connectivity index is 3.60. The third-order valence-corrected chi connectivity index (χ3v) is 2.96. The molecule has 0 saturated heterocycles. The monoisotopic (exact) mass is 156 g/mol. The van der Waals surface area contributed by atoms with Gasteiger partial charge in [-0.05, 0) is 12.5 Å². The van der Waals surface area contributed by atoms with E-state index in [1.54, 1.807) is 0 Å². The van der Waals surface area contributed by atoms with E-state index in [-0.39, 0.29) is 0 Å². The van der Waals surface area contributed by atoms with Crippen molar-refractivity contribution in [3.05, 3.63) is 5.56 Å². The summed E-state index contributed by atoms with van der Waals surface area (Å²) in [5.74, 6) is 0.454. The molecule has 0 atom stereocenters. The van der Waals surface area contributed by atoms with E-state index in [4.69, 9.17) is 0 Å². The third kappa shape index (κ3) is 1.17. The molecule has 0 fully saturated rings. The first-order chi connectivity index (χ1) is 5.46. The number of phenolic OH excluding ortho intramolecular Hbond substituents is 1. The van der Waals surface area contributed by atoms with Gasteiger partial charge >= 0.3 is 0 Å². The molecule has 0 saturated carbocycles. The molecule has 0 spiro atoms. The van der Waals surface area contributed by atoms with Crippen LogP contribution < -0.4 is 21.9 Å². The fraction of sp³-hybridized carbons (Fsp3) is 0.143. The summed E-state index contributed by atoms with van der Waals surface area (Å²) >= 11 is 0. The van der Waals surface area contributed by atoms with Gasteiger partial charge in [-0.25, -0.2) is 0 Å². The van der Waals surface area contributed by atoms with Gasteiger partial charge in [0.05, 0.1) is 0 Å². The van der Waals surface area contributed by atoms with Crippen molar-refractivity contribution >= 4 is 53.2 Å². The van der Waals surface area contributed by atoms with Crippen LogP contribution in [0.2, 0.25) is 0 Å². The molecule has 1 rings (SSSR count). The Kier molecular flexibility index (Phi) is 2.31. The van der Waals surface area contributed by atoms with Crippen LogP contribution in [0.15, 0.2) is 0 Å². The highest BCUT2D eigenvalue weighted by molar-refractivity contribution is 6.63. The van der Waals surface area contributed by atoms with Crippen LogP contribution in [0.4, 0.5) is 0 Å². The maximum absolute atomic E-state index is 9.69. The van der Waals surface area contributed by atoms with Gasteiger partial charge in [0.25, 0.3) is 0 Å². The first kappa shape index (κ1) is 9.37. The number of aromatic hydroxyl groups is 1. The van der Waals surface area contributed by atoms with Gasteiger partial charge in [0.15, 0.2) is 0 Å². The van der Waals surface area contributed by atoms with Gasteiger partial charge in [-0.3, -0.25) is 0 Å². The molecule has 0 aliphatic heterocycles. The molecule has 1 nitrogen and oxygen atoms in total. The van der Waals surface area contributed by atoms with E-state index in [2.05, 4.69) is 23.5 Å². The fourth-order valence-corrected chi connectivity index (χ4v) is 1.48. The zero-order valence-corrected chi connectivity index (χ0v) is 8.45. The standard InChI is InChI=1S/C7H12B4O/c1-2-3(8)4(9)5(10)6(11)7(2)12/h12H,8-11H2,1H3. The lowest BCUT2D eigenvalue weighted by atomic mass is 9.65. The number of rotatable bonds is 0. The maximum Gasteiger partial charge on any atom is 0.143 e. The maximum atomic E-state index is 9.69. The highest BCUT2D eigenvalue weighted by Crippen LogP contribution is 2.04. The molecule has 12 heavy (non-hydrogen) atoms. The Morgan fingerprint density at radius 2 is 1.25 bits per heavy atom. The lowest BCUT2D eigenvalue weighted by Crippen LogP contribution is -2.48. The first-order valence-corrected chi connectivity index (χ1v) is 4.22.